The third-order valence-corrected chi connectivity index (χ3v) is 4.97. The first-order valence-corrected chi connectivity index (χ1v) is 8.40. The van der Waals surface area contributed by atoms with E-state index in [1.54, 1.807) is 0 Å². The van der Waals surface area contributed by atoms with E-state index in [9.17, 15) is 4.79 Å². The lowest BCUT2D eigenvalue weighted by atomic mass is 9.92. The molecule has 2 aromatic rings. The lowest BCUT2D eigenvalue weighted by Crippen LogP contribution is -2.32. The second-order valence-electron chi connectivity index (χ2n) is 6.63. The van der Waals surface area contributed by atoms with Crippen LogP contribution in [0.1, 0.15) is 53.9 Å². The van der Waals surface area contributed by atoms with Gasteiger partial charge >= 0.3 is 0 Å². The van der Waals surface area contributed by atoms with Crippen LogP contribution in [0.3, 0.4) is 0 Å². The molecule has 2 aliphatic carbocycles. The number of hydrogen-bond donors (Lipinski definition) is 1. The fourth-order valence-electron chi connectivity index (χ4n) is 3.63. The molecule has 1 aromatic heterocycles. The van der Waals surface area contributed by atoms with Crippen LogP contribution >= 0.6 is 0 Å². The SMILES string of the molecule is Cc1ncc2c(n1)CCC[C@@H]2NC(=O)[C@@H]1C[C@H]1c1ccccc1. The molecule has 4 nitrogen and oxygen atoms in total. The van der Waals surface area contributed by atoms with Crippen molar-refractivity contribution < 1.29 is 4.79 Å². The Morgan fingerprint density at radius 2 is 2.09 bits per heavy atom. The minimum atomic E-state index is 0.0730. The summed E-state index contributed by atoms with van der Waals surface area (Å²) in [5.74, 6) is 1.49. The van der Waals surface area contributed by atoms with Gasteiger partial charge in [-0.15, -0.1) is 0 Å². The van der Waals surface area contributed by atoms with E-state index in [-0.39, 0.29) is 17.9 Å². The van der Waals surface area contributed by atoms with E-state index in [1.165, 1.54) is 5.56 Å². The van der Waals surface area contributed by atoms with Gasteiger partial charge in [0.1, 0.15) is 5.82 Å². The fourth-order valence-corrected chi connectivity index (χ4v) is 3.63. The lowest BCUT2D eigenvalue weighted by molar-refractivity contribution is -0.123. The topological polar surface area (TPSA) is 54.9 Å². The summed E-state index contributed by atoms with van der Waals surface area (Å²) in [6.45, 7) is 1.91. The summed E-state index contributed by atoms with van der Waals surface area (Å²) in [6, 6.07) is 10.4. The van der Waals surface area contributed by atoms with E-state index in [0.29, 0.717) is 5.92 Å². The smallest absolute Gasteiger partial charge is 0.224 e. The average molecular weight is 307 g/mol. The quantitative estimate of drug-likeness (QED) is 0.948. The maximum atomic E-state index is 12.6. The van der Waals surface area contributed by atoms with Crippen LogP contribution in [-0.4, -0.2) is 15.9 Å². The molecule has 4 heteroatoms. The zero-order valence-corrected chi connectivity index (χ0v) is 13.3. The van der Waals surface area contributed by atoms with E-state index in [0.717, 1.165) is 42.8 Å². The number of nitrogens with one attached hydrogen (secondary N) is 1. The third-order valence-electron chi connectivity index (χ3n) is 4.97. The molecular weight excluding hydrogens is 286 g/mol. The molecule has 0 bridgehead atoms. The van der Waals surface area contributed by atoms with Gasteiger partial charge in [-0.2, -0.15) is 0 Å². The number of fused-ring (bicyclic) bond motifs is 1. The van der Waals surface area contributed by atoms with Crippen LogP contribution in [0.5, 0.6) is 0 Å². The standard InChI is InChI=1S/C19H21N3O/c1-12-20-11-16-17(21-12)8-5-9-18(16)22-19(23)15-10-14(15)13-6-3-2-4-7-13/h2-4,6-7,11,14-15,18H,5,8-10H2,1H3,(H,22,23)/t14-,15+,18-/m0/s1. The molecule has 1 amide bonds. The zero-order valence-electron chi connectivity index (χ0n) is 13.3. The number of aryl methyl sites for hydroxylation is 2. The summed E-state index contributed by atoms with van der Waals surface area (Å²) in [4.78, 5) is 21.4. The summed E-state index contributed by atoms with van der Waals surface area (Å²) in [7, 11) is 0. The largest absolute Gasteiger partial charge is 0.349 e. The molecule has 1 N–H and O–H groups in total. The van der Waals surface area contributed by atoms with Gasteiger partial charge in [-0.05, 0) is 44.1 Å². The highest BCUT2D eigenvalue weighted by Gasteiger charge is 2.44. The van der Waals surface area contributed by atoms with Crippen LogP contribution in [0.15, 0.2) is 36.5 Å². The minimum Gasteiger partial charge on any atom is -0.349 e. The number of nitrogens with zero attached hydrogens (tertiary/aromatic N) is 2. The summed E-state index contributed by atoms with van der Waals surface area (Å²) in [5, 5.41) is 3.24. The zero-order chi connectivity index (χ0) is 15.8. The normalized spacial score (nSPS) is 25.5. The molecule has 1 aromatic carbocycles. The first-order chi connectivity index (χ1) is 11.2. The molecule has 1 heterocycles. The first-order valence-electron chi connectivity index (χ1n) is 8.40. The second-order valence-corrected chi connectivity index (χ2v) is 6.63. The van der Waals surface area contributed by atoms with Gasteiger partial charge in [0.05, 0.1) is 6.04 Å². The molecule has 1 fully saturated rings. The van der Waals surface area contributed by atoms with E-state index >= 15 is 0 Å². The van der Waals surface area contributed by atoms with Crippen molar-refractivity contribution >= 4 is 5.91 Å². The molecule has 3 atom stereocenters. The van der Waals surface area contributed by atoms with Crippen molar-refractivity contribution in [3.8, 4) is 0 Å². The van der Waals surface area contributed by atoms with Crippen molar-refractivity contribution in [2.24, 2.45) is 5.92 Å². The minimum absolute atomic E-state index is 0.0730. The molecular formula is C19H21N3O. The van der Waals surface area contributed by atoms with Crippen molar-refractivity contribution in [3.63, 3.8) is 0 Å². The molecule has 0 aliphatic heterocycles. The van der Waals surface area contributed by atoms with E-state index in [2.05, 4.69) is 27.4 Å². The second kappa shape index (κ2) is 5.76. The number of carbonyl (C=O) groups excluding carboxylic acids is 1. The highest BCUT2D eigenvalue weighted by molar-refractivity contribution is 5.83. The number of hydrogen-bond acceptors (Lipinski definition) is 3. The Morgan fingerprint density at radius 1 is 1.26 bits per heavy atom. The molecule has 0 unspecified atom stereocenters. The van der Waals surface area contributed by atoms with Crippen molar-refractivity contribution in [3.05, 3.63) is 59.2 Å². The molecule has 118 valence electrons. The third kappa shape index (κ3) is 2.85. The van der Waals surface area contributed by atoms with Crippen LogP contribution in [0.4, 0.5) is 0 Å². The molecule has 0 saturated heterocycles. The maximum Gasteiger partial charge on any atom is 0.224 e. The Labute approximate surface area is 136 Å². The average Bonchev–Trinajstić information content (AvgIpc) is 3.36. The van der Waals surface area contributed by atoms with Crippen LogP contribution in [-0.2, 0) is 11.2 Å². The molecule has 0 radical (unpaired) electrons. The van der Waals surface area contributed by atoms with Crippen LogP contribution in [0, 0.1) is 12.8 Å². The number of aromatic nitrogens is 2. The fraction of sp³-hybridized carbons (Fsp3) is 0.421. The van der Waals surface area contributed by atoms with Crippen molar-refractivity contribution in [2.45, 2.75) is 44.6 Å². The summed E-state index contributed by atoms with van der Waals surface area (Å²) < 4.78 is 0. The Hall–Kier alpha value is -2.23. The Balaban J connectivity index is 1.45. The Bertz CT molecular complexity index is 729. The number of amides is 1. The number of rotatable bonds is 3. The van der Waals surface area contributed by atoms with E-state index in [1.807, 2.05) is 31.3 Å². The summed E-state index contributed by atoms with van der Waals surface area (Å²) in [5.41, 5.74) is 3.48. The van der Waals surface area contributed by atoms with E-state index in [4.69, 9.17) is 0 Å². The Morgan fingerprint density at radius 3 is 2.91 bits per heavy atom. The number of carbonyl (C=O) groups is 1. The van der Waals surface area contributed by atoms with Gasteiger partial charge < -0.3 is 5.32 Å². The predicted molar refractivity (Wildman–Crippen MR) is 87.9 cm³/mol. The molecule has 23 heavy (non-hydrogen) atoms. The van der Waals surface area contributed by atoms with Gasteiger partial charge in [0.2, 0.25) is 5.91 Å². The predicted octanol–water partition coefficient (Wildman–Crippen LogP) is 3.08. The first kappa shape index (κ1) is 14.4. The highest BCUT2D eigenvalue weighted by Crippen LogP contribution is 2.47. The van der Waals surface area contributed by atoms with Crippen molar-refractivity contribution in [1.82, 2.24) is 15.3 Å². The van der Waals surface area contributed by atoms with Gasteiger partial charge in [0.25, 0.3) is 0 Å². The van der Waals surface area contributed by atoms with Gasteiger partial charge in [-0.1, -0.05) is 30.3 Å². The summed E-state index contributed by atoms with van der Waals surface area (Å²) in [6.07, 6.45) is 5.89. The van der Waals surface area contributed by atoms with Crippen LogP contribution in [0.2, 0.25) is 0 Å². The molecule has 2 aliphatic rings. The van der Waals surface area contributed by atoms with Crippen LogP contribution in [0.25, 0.3) is 0 Å². The monoisotopic (exact) mass is 307 g/mol. The highest BCUT2D eigenvalue weighted by atomic mass is 16.2. The summed E-state index contributed by atoms with van der Waals surface area (Å²) >= 11 is 0. The van der Waals surface area contributed by atoms with Crippen LogP contribution < -0.4 is 5.32 Å². The van der Waals surface area contributed by atoms with Gasteiger partial charge in [0, 0.05) is 23.4 Å². The van der Waals surface area contributed by atoms with E-state index < -0.39 is 0 Å². The van der Waals surface area contributed by atoms with Gasteiger partial charge in [-0.3, -0.25) is 4.79 Å². The Kier molecular flexibility index (Phi) is 3.60. The van der Waals surface area contributed by atoms with Crippen molar-refractivity contribution in [1.29, 1.82) is 0 Å². The van der Waals surface area contributed by atoms with Crippen molar-refractivity contribution in [2.75, 3.05) is 0 Å². The lowest BCUT2D eigenvalue weighted by Gasteiger charge is -2.25. The molecule has 1 saturated carbocycles. The molecule has 4 rings (SSSR count). The van der Waals surface area contributed by atoms with Gasteiger partial charge in [0.15, 0.2) is 0 Å². The maximum absolute atomic E-state index is 12.6. The number of benzene rings is 1. The van der Waals surface area contributed by atoms with Gasteiger partial charge in [-0.25, -0.2) is 9.97 Å². The molecule has 0 spiro atoms.